The van der Waals surface area contributed by atoms with Gasteiger partial charge in [-0.15, -0.1) is 0 Å². The summed E-state index contributed by atoms with van der Waals surface area (Å²) in [4.78, 5) is 0. The second kappa shape index (κ2) is 7.17. The molecule has 0 spiro atoms. The van der Waals surface area contributed by atoms with E-state index >= 15 is 0 Å². The zero-order valence-corrected chi connectivity index (χ0v) is 9.51. The zero-order valence-electron chi connectivity index (χ0n) is 8.69. The first-order valence-corrected chi connectivity index (χ1v) is 6.29. The molecule has 5 nitrogen and oxygen atoms in total. The van der Waals surface area contributed by atoms with Crippen molar-refractivity contribution in [2.45, 2.75) is 25.9 Å². The normalized spacial score (nSPS) is 14.2. The van der Waals surface area contributed by atoms with Gasteiger partial charge in [0, 0.05) is 13.7 Å². The van der Waals surface area contributed by atoms with Crippen molar-refractivity contribution >= 4 is 10.1 Å². The Kier molecular flexibility index (Phi) is 7.08. The number of ether oxygens (including phenoxy) is 1. The second-order valence-corrected chi connectivity index (χ2v) is 4.68. The molecule has 86 valence electrons. The van der Waals surface area contributed by atoms with Crippen molar-refractivity contribution in [3.05, 3.63) is 0 Å². The summed E-state index contributed by atoms with van der Waals surface area (Å²) in [5.74, 6) is -0.191. The van der Waals surface area contributed by atoms with Crippen molar-refractivity contribution in [3.63, 3.8) is 0 Å². The van der Waals surface area contributed by atoms with E-state index in [1.807, 2.05) is 6.92 Å². The Morgan fingerprint density at radius 3 is 2.57 bits per heavy atom. The molecule has 0 heterocycles. The van der Waals surface area contributed by atoms with E-state index in [1.165, 1.54) is 0 Å². The monoisotopic (exact) mass is 225 g/mol. The summed E-state index contributed by atoms with van der Waals surface area (Å²) in [7, 11) is -2.16. The summed E-state index contributed by atoms with van der Waals surface area (Å²) in [5.41, 5.74) is 0. The first-order valence-electron chi connectivity index (χ1n) is 4.68. The standard InChI is InChI=1S/C8H19NO4S/c1-3-8(13-2)7-9-5-4-6-14(10,11)12/h8-9H,3-7H2,1-2H3,(H,10,11,12). The lowest BCUT2D eigenvalue weighted by Gasteiger charge is -2.13. The van der Waals surface area contributed by atoms with Crippen molar-refractivity contribution in [2.24, 2.45) is 0 Å². The van der Waals surface area contributed by atoms with Gasteiger partial charge in [0.05, 0.1) is 11.9 Å². The molecular formula is C8H19NO4S. The summed E-state index contributed by atoms with van der Waals surface area (Å²) >= 11 is 0. The number of hydrogen-bond donors (Lipinski definition) is 2. The molecule has 1 unspecified atom stereocenters. The third-order valence-electron chi connectivity index (χ3n) is 1.92. The number of methoxy groups -OCH3 is 1. The van der Waals surface area contributed by atoms with Gasteiger partial charge in [0.2, 0.25) is 0 Å². The molecule has 0 amide bonds. The van der Waals surface area contributed by atoms with E-state index in [2.05, 4.69) is 5.32 Å². The van der Waals surface area contributed by atoms with Crippen LogP contribution in [-0.2, 0) is 14.9 Å². The molecule has 0 fully saturated rings. The molecule has 0 aromatic carbocycles. The SMILES string of the molecule is CCC(CNCCCS(=O)(=O)O)OC. The van der Waals surface area contributed by atoms with Crippen LogP contribution < -0.4 is 5.32 Å². The Morgan fingerprint density at radius 1 is 1.50 bits per heavy atom. The molecule has 0 radical (unpaired) electrons. The lowest BCUT2D eigenvalue weighted by atomic mass is 10.3. The molecule has 0 rings (SSSR count). The second-order valence-electron chi connectivity index (χ2n) is 3.11. The molecule has 0 aromatic rings. The van der Waals surface area contributed by atoms with Crippen LogP contribution in [0.3, 0.4) is 0 Å². The molecular weight excluding hydrogens is 206 g/mol. The zero-order chi connectivity index (χ0) is 11.0. The Morgan fingerprint density at radius 2 is 2.14 bits per heavy atom. The first-order chi connectivity index (χ1) is 6.49. The third kappa shape index (κ3) is 8.43. The molecule has 1 atom stereocenters. The smallest absolute Gasteiger partial charge is 0.264 e. The molecule has 6 heteroatoms. The quantitative estimate of drug-likeness (QED) is 0.458. The summed E-state index contributed by atoms with van der Waals surface area (Å²) in [6.45, 7) is 3.30. The first kappa shape index (κ1) is 13.8. The van der Waals surface area contributed by atoms with Gasteiger partial charge in [-0.05, 0) is 19.4 Å². The van der Waals surface area contributed by atoms with Gasteiger partial charge in [-0.3, -0.25) is 4.55 Å². The van der Waals surface area contributed by atoms with E-state index in [0.29, 0.717) is 19.5 Å². The van der Waals surface area contributed by atoms with Gasteiger partial charge in [-0.2, -0.15) is 8.42 Å². The summed E-state index contributed by atoms with van der Waals surface area (Å²) in [5, 5.41) is 3.06. The van der Waals surface area contributed by atoms with E-state index in [1.54, 1.807) is 7.11 Å². The van der Waals surface area contributed by atoms with Crippen LogP contribution in [0.2, 0.25) is 0 Å². The van der Waals surface area contributed by atoms with Crippen molar-refractivity contribution < 1.29 is 17.7 Å². The van der Waals surface area contributed by atoms with Gasteiger partial charge in [-0.25, -0.2) is 0 Å². The predicted molar refractivity (Wildman–Crippen MR) is 55.0 cm³/mol. The molecule has 0 aliphatic heterocycles. The van der Waals surface area contributed by atoms with E-state index in [9.17, 15) is 8.42 Å². The number of hydrogen-bond acceptors (Lipinski definition) is 4. The van der Waals surface area contributed by atoms with Crippen molar-refractivity contribution in [3.8, 4) is 0 Å². The summed E-state index contributed by atoms with van der Waals surface area (Å²) in [6, 6.07) is 0. The van der Waals surface area contributed by atoms with Crippen LogP contribution in [-0.4, -0.2) is 45.0 Å². The van der Waals surface area contributed by atoms with E-state index in [0.717, 1.165) is 6.42 Å². The molecule has 0 aliphatic rings. The van der Waals surface area contributed by atoms with Gasteiger partial charge in [0.1, 0.15) is 0 Å². The van der Waals surface area contributed by atoms with Gasteiger partial charge >= 0.3 is 0 Å². The van der Waals surface area contributed by atoms with Crippen LogP contribution in [0.25, 0.3) is 0 Å². The van der Waals surface area contributed by atoms with E-state index < -0.39 is 10.1 Å². The van der Waals surface area contributed by atoms with Crippen molar-refractivity contribution in [1.82, 2.24) is 5.32 Å². The van der Waals surface area contributed by atoms with Crippen molar-refractivity contribution in [1.29, 1.82) is 0 Å². The highest BCUT2D eigenvalue weighted by molar-refractivity contribution is 7.85. The lowest BCUT2D eigenvalue weighted by molar-refractivity contribution is 0.0988. The fourth-order valence-electron chi connectivity index (χ4n) is 1.04. The van der Waals surface area contributed by atoms with Gasteiger partial charge in [0.15, 0.2) is 0 Å². The molecule has 0 bridgehead atoms. The largest absolute Gasteiger partial charge is 0.380 e. The minimum atomic E-state index is -3.81. The third-order valence-corrected chi connectivity index (χ3v) is 2.72. The Bertz CT molecular complexity index is 223. The minimum absolute atomic E-state index is 0.167. The van der Waals surface area contributed by atoms with Crippen LogP contribution in [0, 0.1) is 0 Å². The predicted octanol–water partition coefficient (Wildman–Crippen LogP) is 0.279. The summed E-state index contributed by atoms with van der Waals surface area (Å²) in [6.07, 6.45) is 1.50. The maximum Gasteiger partial charge on any atom is 0.264 e. The highest BCUT2D eigenvalue weighted by Gasteiger charge is 2.05. The minimum Gasteiger partial charge on any atom is -0.380 e. The van der Waals surface area contributed by atoms with Gasteiger partial charge in [-0.1, -0.05) is 6.92 Å². The van der Waals surface area contributed by atoms with E-state index in [-0.39, 0.29) is 11.9 Å². The Balaban J connectivity index is 3.38. The molecule has 0 saturated heterocycles. The highest BCUT2D eigenvalue weighted by Crippen LogP contribution is 1.93. The van der Waals surface area contributed by atoms with Crippen molar-refractivity contribution in [2.75, 3.05) is 26.0 Å². The molecule has 0 aromatic heterocycles. The Hall–Kier alpha value is -0.170. The van der Waals surface area contributed by atoms with E-state index in [4.69, 9.17) is 9.29 Å². The molecule has 0 aliphatic carbocycles. The fraction of sp³-hybridized carbons (Fsp3) is 1.00. The molecule has 14 heavy (non-hydrogen) atoms. The van der Waals surface area contributed by atoms with Crippen LogP contribution in [0.15, 0.2) is 0 Å². The maximum absolute atomic E-state index is 10.3. The number of nitrogens with one attached hydrogen (secondary N) is 1. The van der Waals surface area contributed by atoms with Gasteiger partial charge in [0.25, 0.3) is 10.1 Å². The van der Waals surface area contributed by atoms with Crippen LogP contribution in [0.1, 0.15) is 19.8 Å². The number of rotatable bonds is 8. The van der Waals surface area contributed by atoms with Crippen LogP contribution in [0.5, 0.6) is 0 Å². The highest BCUT2D eigenvalue weighted by atomic mass is 32.2. The average Bonchev–Trinajstić information content (AvgIpc) is 2.09. The van der Waals surface area contributed by atoms with Crippen LogP contribution >= 0.6 is 0 Å². The molecule has 0 saturated carbocycles. The Labute approximate surface area is 85.6 Å². The van der Waals surface area contributed by atoms with Gasteiger partial charge < -0.3 is 10.1 Å². The maximum atomic E-state index is 10.3. The van der Waals surface area contributed by atoms with Crippen LogP contribution in [0.4, 0.5) is 0 Å². The fourth-order valence-corrected chi connectivity index (χ4v) is 1.55. The molecule has 2 N–H and O–H groups in total. The average molecular weight is 225 g/mol. The lowest BCUT2D eigenvalue weighted by Crippen LogP contribution is -2.29. The topological polar surface area (TPSA) is 75.6 Å². The summed E-state index contributed by atoms with van der Waals surface area (Å²) < 4.78 is 34.2.